The number of hydrogen-bond donors (Lipinski definition) is 2. The second kappa shape index (κ2) is 10.0. The summed E-state index contributed by atoms with van der Waals surface area (Å²) in [5.41, 5.74) is -0.0897. The van der Waals surface area contributed by atoms with Crippen LogP contribution < -0.4 is 10.6 Å². The van der Waals surface area contributed by atoms with E-state index in [0.29, 0.717) is 0 Å². The van der Waals surface area contributed by atoms with E-state index < -0.39 is 48.0 Å². The van der Waals surface area contributed by atoms with Gasteiger partial charge in [0.05, 0.1) is 12.2 Å². The maximum atomic E-state index is 12.7. The lowest BCUT2D eigenvalue weighted by molar-refractivity contribution is -0.155. The zero-order valence-electron chi connectivity index (χ0n) is 19.2. The number of benzene rings is 1. The third-order valence-corrected chi connectivity index (χ3v) is 6.03. The van der Waals surface area contributed by atoms with Crippen LogP contribution in [-0.2, 0) is 23.9 Å². The van der Waals surface area contributed by atoms with E-state index in [2.05, 4.69) is 10.6 Å². The number of amides is 4. The Morgan fingerprint density at radius 3 is 2.44 bits per heavy atom. The van der Waals surface area contributed by atoms with E-state index in [9.17, 15) is 24.0 Å². The van der Waals surface area contributed by atoms with Crippen LogP contribution in [0.25, 0.3) is 10.4 Å². The molecule has 4 amide bonds. The van der Waals surface area contributed by atoms with Gasteiger partial charge < -0.3 is 20.1 Å². The summed E-state index contributed by atoms with van der Waals surface area (Å²) in [4.78, 5) is 63.0. The number of urea groups is 1. The highest BCUT2D eigenvalue weighted by Crippen LogP contribution is 2.36. The molecule has 0 aliphatic carbocycles. The average Bonchev–Trinajstić information content (AvgIpc) is 3.28. The molecule has 2 aromatic rings. The maximum Gasteiger partial charge on any atom is 0.341 e. The third-order valence-electron chi connectivity index (χ3n) is 4.93. The van der Waals surface area contributed by atoms with Crippen molar-refractivity contribution in [2.75, 3.05) is 18.5 Å². The Balaban J connectivity index is 1.70. The van der Waals surface area contributed by atoms with Gasteiger partial charge in [-0.15, -0.1) is 11.3 Å². The second-order valence-electron chi connectivity index (χ2n) is 8.01. The van der Waals surface area contributed by atoms with E-state index in [-0.39, 0.29) is 17.2 Å². The van der Waals surface area contributed by atoms with Gasteiger partial charge in [0.25, 0.3) is 11.8 Å². The molecule has 10 nitrogen and oxygen atoms in total. The lowest BCUT2D eigenvalue weighted by Crippen LogP contribution is -2.42. The number of imide groups is 1. The lowest BCUT2D eigenvalue weighted by atomic mass is 10.1. The van der Waals surface area contributed by atoms with Crippen LogP contribution in [0, 0.1) is 0 Å². The minimum absolute atomic E-state index is 0.163. The minimum Gasteiger partial charge on any atom is -0.462 e. The number of carbonyl (C=O) groups is 5. The fourth-order valence-corrected chi connectivity index (χ4v) is 4.24. The topological polar surface area (TPSA) is 131 Å². The first-order valence-corrected chi connectivity index (χ1v) is 11.4. The molecule has 0 spiro atoms. The molecule has 1 aromatic heterocycles. The fraction of sp³-hybridized carbons (Fsp3) is 0.348. The van der Waals surface area contributed by atoms with Gasteiger partial charge in [0.1, 0.15) is 17.1 Å². The highest BCUT2D eigenvalue weighted by Gasteiger charge is 2.45. The number of rotatable bonds is 8. The molecule has 0 unspecified atom stereocenters. The van der Waals surface area contributed by atoms with E-state index in [1.54, 1.807) is 13.0 Å². The number of nitrogens with zero attached hydrogens (tertiary/aromatic N) is 1. The number of ether oxygens (including phenoxy) is 2. The predicted octanol–water partition coefficient (Wildman–Crippen LogP) is 2.79. The van der Waals surface area contributed by atoms with Crippen LogP contribution in [0.2, 0.25) is 0 Å². The van der Waals surface area contributed by atoms with Crippen molar-refractivity contribution < 1.29 is 33.4 Å². The Morgan fingerprint density at radius 1 is 1.18 bits per heavy atom. The van der Waals surface area contributed by atoms with Crippen molar-refractivity contribution in [2.24, 2.45) is 0 Å². The Hall–Kier alpha value is -3.73. The van der Waals surface area contributed by atoms with Crippen LogP contribution in [0.4, 0.5) is 9.80 Å². The quantitative estimate of drug-likeness (QED) is 0.432. The molecule has 2 heterocycles. The predicted molar refractivity (Wildman–Crippen MR) is 124 cm³/mol. The monoisotopic (exact) mass is 487 g/mol. The second-order valence-corrected chi connectivity index (χ2v) is 9.06. The molecule has 1 aliphatic rings. The van der Waals surface area contributed by atoms with Crippen molar-refractivity contribution in [3.8, 4) is 10.4 Å². The van der Waals surface area contributed by atoms with Crippen LogP contribution in [0.3, 0.4) is 0 Å². The largest absolute Gasteiger partial charge is 0.462 e. The van der Waals surface area contributed by atoms with Gasteiger partial charge in [-0.2, -0.15) is 0 Å². The maximum absolute atomic E-state index is 12.7. The summed E-state index contributed by atoms with van der Waals surface area (Å²) in [6.07, 6.45) is -1.25. The SMILES string of the molecule is CCOC(=O)c1cc(-c2ccccc2)sc1NC(=O)[C@@H](C)OC(=O)CN1C(=O)NC(C)(C)C1=O. The molecule has 34 heavy (non-hydrogen) atoms. The average molecular weight is 488 g/mol. The first-order chi connectivity index (χ1) is 16.0. The smallest absolute Gasteiger partial charge is 0.341 e. The Bertz CT molecular complexity index is 1130. The third kappa shape index (κ3) is 5.42. The molecule has 1 aliphatic heterocycles. The van der Waals surface area contributed by atoms with Crippen molar-refractivity contribution in [1.29, 1.82) is 0 Å². The molecule has 1 fully saturated rings. The summed E-state index contributed by atoms with van der Waals surface area (Å²) in [5, 5.41) is 5.32. The van der Waals surface area contributed by atoms with Crippen molar-refractivity contribution in [2.45, 2.75) is 39.3 Å². The number of hydrogen-bond acceptors (Lipinski definition) is 8. The fourth-order valence-electron chi connectivity index (χ4n) is 3.18. The normalized spacial score (nSPS) is 15.5. The van der Waals surface area contributed by atoms with Crippen molar-refractivity contribution in [1.82, 2.24) is 10.2 Å². The molecule has 0 radical (unpaired) electrons. The van der Waals surface area contributed by atoms with E-state index >= 15 is 0 Å². The number of anilines is 1. The molecule has 1 saturated heterocycles. The van der Waals surface area contributed by atoms with Crippen molar-refractivity contribution >= 4 is 46.1 Å². The van der Waals surface area contributed by atoms with Gasteiger partial charge in [-0.1, -0.05) is 30.3 Å². The zero-order chi connectivity index (χ0) is 25.0. The summed E-state index contributed by atoms with van der Waals surface area (Å²) < 4.78 is 10.2. The van der Waals surface area contributed by atoms with Gasteiger partial charge in [0.15, 0.2) is 6.10 Å². The first-order valence-electron chi connectivity index (χ1n) is 10.5. The van der Waals surface area contributed by atoms with E-state index in [1.165, 1.54) is 32.1 Å². The molecule has 1 aromatic carbocycles. The highest BCUT2D eigenvalue weighted by molar-refractivity contribution is 7.20. The number of esters is 2. The van der Waals surface area contributed by atoms with Crippen LogP contribution in [0.5, 0.6) is 0 Å². The summed E-state index contributed by atoms with van der Waals surface area (Å²) in [6, 6.07) is 10.2. The molecule has 1 atom stereocenters. The van der Waals surface area contributed by atoms with Gasteiger partial charge >= 0.3 is 18.0 Å². The lowest BCUT2D eigenvalue weighted by Gasteiger charge is -2.17. The Morgan fingerprint density at radius 2 is 1.85 bits per heavy atom. The molecule has 3 rings (SSSR count). The number of nitrogens with one attached hydrogen (secondary N) is 2. The van der Waals surface area contributed by atoms with Gasteiger partial charge in [-0.25, -0.2) is 9.59 Å². The van der Waals surface area contributed by atoms with Crippen LogP contribution in [-0.4, -0.2) is 59.5 Å². The Kier molecular flexibility index (Phi) is 7.35. The number of thiophene rings is 1. The minimum atomic E-state index is -1.25. The molecular weight excluding hydrogens is 462 g/mol. The summed E-state index contributed by atoms with van der Waals surface area (Å²) in [7, 11) is 0. The van der Waals surface area contributed by atoms with Crippen LogP contribution in [0.15, 0.2) is 36.4 Å². The summed E-state index contributed by atoms with van der Waals surface area (Å²) in [5.74, 6) is -2.77. The van der Waals surface area contributed by atoms with Gasteiger partial charge in [0, 0.05) is 4.88 Å². The van der Waals surface area contributed by atoms with E-state index in [0.717, 1.165) is 15.3 Å². The van der Waals surface area contributed by atoms with Crippen molar-refractivity contribution in [3.05, 3.63) is 42.0 Å². The standard InChI is InChI=1S/C23H25N3O7S/c1-5-32-20(29)15-11-16(14-9-7-6-8-10-14)34-19(15)24-18(28)13(2)33-17(27)12-26-21(30)23(3,4)25-22(26)31/h6-11,13H,5,12H2,1-4H3,(H,24,28)(H,25,31)/t13-/m1/s1. The van der Waals surface area contributed by atoms with Gasteiger partial charge in [-0.05, 0) is 39.3 Å². The van der Waals surface area contributed by atoms with Crippen LogP contribution in [0.1, 0.15) is 38.1 Å². The molecule has 2 N–H and O–H groups in total. The van der Waals surface area contributed by atoms with Gasteiger partial charge in [0.2, 0.25) is 0 Å². The number of carbonyl (C=O) groups excluding carboxylic acids is 5. The molecule has 180 valence electrons. The zero-order valence-corrected chi connectivity index (χ0v) is 20.0. The Labute approximate surface area is 200 Å². The molecule has 11 heteroatoms. The first kappa shape index (κ1) is 24.9. The highest BCUT2D eigenvalue weighted by atomic mass is 32.1. The van der Waals surface area contributed by atoms with Crippen molar-refractivity contribution in [3.63, 3.8) is 0 Å². The van der Waals surface area contributed by atoms with E-state index in [1.807, 2.05) is 30.3 Å². The molecule has 0 saturated carbocycles. The summed E-state index contributed by atoms with van der Waals surface area (Å²) >= 11 is 1.18. The van der Waals surface area contributed by atoms with E-state index in [4.69, 9.17) is 9.47 Å². The molecular formula is C23H25N3O7S. The van der Waals surface area contributed by atoms with Gasteiger partial charge in [-0.3, -0.25) is 19.3 Å². The van der Waals surface area contributed by atoms with Crippen LogP contribution >= 0.6 is 11.3 Å². The summed E-state index contributed by atoms with van der Waals surface area (Å²) in [6.45, 7) is 5.59. The molecule has 0 bridgehead atoms.